The molecule has 0 N–H and O–H groups in total. The first kappa shape index (κ1) is 16.9. The van der Waals surface area contributed by atoms with Gasteiger partial charge in [0.15, 0.2) is 0 Å². The summed E-state index contributed by atoms with van der Waals surface area (Å²) in [6, 6.07) is 11.2. The number of para-hydroxylation sites is 1. The molecule has 0 spiro atoms. The van der Waals surface area contributed by atoms with Crippen LogP contribution < -0.4 is 10.2 Å². The van der Waals surface area contributed by atoms with Crippen LogP contribution in [0.25, 0.3) is 10.9 Å². The summed E-state index contributed by atoms with van der Waals surface area (Å²) in [6.07, 6.45) is 1.45. The molecule has 0 saturated carbocycles. The van der Waals surface area contributed by atoms with Crippen LogP contribution in [0.2, 0.25) is 0 Å². The third-order valence-corrected chi connectivity index (χ3v) is 4.11. The lowest BCUT2D eigenvalue weighted by atomic mass is 10.1. The van der Waals surface area contributed by atoms with Crippen LogP contribution in [0.15, 0.2) is 47.4 Å². The van der Waals surface area contributed by atoms with Crippen molar-refractivity contribution in [3.05, 3.63) is 69.5 Å². The van der Waals surface area contributed by atoms with Gasteiger partial charge in [0.05, 0.1) is 24.7 Å². The van der Waals surface area contributed by atoms with Gasteiger partial charge in [0.1, 0.15) is 5.75 Å². The first-order valence-electron chi connectivity index (χ1n) is 8.19. The molecule has 0 unspecified atom stereocenters. The molecule has 0 amide bonds. The normalized spacial score (nSPS) is 10.8. The lowest BCUT2D eigenvalue weighted by molar-refractivity contribution is -0.134. The molecule has 3 aromatic rings. The zero-order valence-electron chi connectivity index (χ0n) is 14.6. The molecule has 0 radical (unpaired) electrons. The molecule has 0 fully saturated rings. The standard InChI is InChI=1S/C20H20N2O3/c1-13-10-14(2)20(15(3)11-13)25-19(24)8-9-22-17-7-5-4-6-16(17)18(23)12-21-22/h4-7,10-12H,8-9H2,1-3H3. The van der Waals surface area contributed by atoms with Gasteiger partial charge >= 0.3 is 5.97 Å². The molecule has 0 aliphatic heterocycles. The van der Waals surface area contributed by atoms with Crippen molar-refractivity contribution >= 4 is 16.9 Å². The summed E-state index contributed by atoms with van der Waals surface area (Å²) in [6.45, 7) is 6.22. The van der Waals surface area contributed by atoms with E-state index in [2.05, 4.69) is 5.10 Å². The Labute approximate surface area is 145 Å². The van der Waals surface area contributed by atoms with E-state index in [0.29, 0.717) is 23.2 Å². The zero-order chi connectivity index (χ0) is 18.0. The van der Waals surface area contributed by atoms with E-state index in [1.54, 1.807) is 10.7 Å². The minimum Gasteiger partial charge on any atom is -0.426 e. The SMILES string of the molecule is Cc1cc(C)c(OC(=O)CCn2ncc(=O)c3ccccc32)c(C)c1. The number of benzene rings is 2. The summed E-state index contributed by atoms with van der Waals surface area (Å²) in [5.74, 6) is 0.299. The minimum atomic E-state index is -0.320. The average molecular weight is 336 g/mol. The van der Waals surface area contributed by atoms with E-state index >= 15 is 0 Å². The maximum Gasteiger partial charge on any atom is 0.313 e. The Hall–Kier alpha value is -2.95. The van der Waals surface area contributed by atoms with Crippen LogP contribution in [0, 0.1) is 20.8 Å². The van der Waals surface area contributed by atoms with E-state index in [1.807, 2.05) is 51.1 Å². The van der Waals surface area contributed by atoms with Crippen LogP contribution in [0.5, 0.6) is 5.75 Å². The number of carbonyl (C=O) groups is 1. The monoisotopic (exact) mass is 336 g/mol. The third kappa shape index (κ3) is 3.60. The highest BCUT2D eigenvalue weighted by molar-refractivity contribution is 5.78. The Morgan fingerprint density at radius 2 is 1.80 bits per heavy atom. The summed E-state index contributed by atoms with van der Waals surface area (Å²) in [4.78, 5) is 24.1. The molecular formula is C20H20N2O3. The first-order chi connectivity index (χ1) is 12.0. The van der Waals surface area contributed by atoms with Gasteiger partial charge < -0.3 is 4.74 Å². The lowest BCUT2D eigenvalue weighted by Crippen LogP contribution is -2.17. The topological polar surface area (TPSA) is 61.2 Å². The summed E-state index contributed by atoms with van der Waals surface area (Å²) in [5, 5.41) is 4.72. The molecule has 0 bridgehead atoms. The van der Waals surface area contributed by atoms with Gasteiger partial charge in [-0.15, -0.1) is 0 Å². The molecule has 1 aromatic heterocycles. The molecule has 128 valence electrons. The fourth-order valence-electron chi connectivity index (χ4n) is 3.03. The van der Waals surface area contributed by atoms with Crippen molar-refractivity contribution in [1.29, 1.82) is 0 Å². The minimum absolute atomic E-state index is 0.125. The van der Waals surface area contributed by atoms with Crippen LogP contribution in [-0.4, -0.2) is 15.7 Å². The van der Waals surface area contributed by atoms with Gasteiger partial charge in [-0.2, -0.15) is 5.10 Å². The van der Waals surface area contributed by atoms with E-state index in [1.165, 1.54) is 6.20 Å². The van der Waals surface area contributed by atoms with E-state index < -0.39 is 0 Å². The fourth-order valence-corrected chi connectivity index (χ4v) is 3.03. The second-order valence-corrected chi connectivity index (χ2v) is 6.20. The van der Waals surface area contributed by atoms with Gasteiger partial charge in [0.2, 0.25) is 5.43 Å². The summed E-state index contributed by atoms with van der Waals surface area (Å²) < 4.78 is 7.21. The van der Waals surface area contributed by atoms with Crippen LogP contribution in [-0.2, 0) is 11.3 Å². The number of ether oxygens (including phenoxy) is 1. The van der Waals surface area contributed by atoms with Crippen molar-refractivity contribution in [2.75, 3.05) is 0 Å². The van der Waals surface area contributed by atoms with Gasteiger partial charge in [-0.05, 0) is 44.0 Å². The largest absolute Gasteiger partial charge is 0.426 e. The van der Waals surface area contributed by atoms with Gasteiger partial charge in [-0.25, -0.2) is 0 Å². The zero-order valence-corrected chi connectivity index (χ0v) is 14.6. The Bertz CT molecular complexity index is 982. The number of fused-ring (bicyclic) bond motifs is 1. The quantitative estimate of drug-likeness (QED) is 0.542. The Morgan fingerprint density at radius 3 is 2.52 bits per heavy atom. The van der Waals surface area contributed by atoms with Crippen LogP contribution in [0.3, 0.4) is 0 Å². The van der Waals surface area contributed by atoms with Crippen molar-refractivity contribution in [2.24, 2.45) is 0 Å². The maximum absolute atomic E-state index is 12.3. The molecule has 5 nitrogen and oxygen atoms in total. The molecule has 0 atom stereocenters. The molecule has 0 saturated heterocycles. The molecule has 2 aromatic carbocycles. The van der Waals surface area contributed by atoms with E-state index in [-0.39, 0.29) is 17.8 Å². The Kier molecular flexibility index (Phi) is 4.65. The van der Waals surface area contributed by atoms with Gasteiger partial charge in [-0.1, -0.05) is 29.8 Å². The van der Waals surface area contributed by atoms with Gasteiger partial charge in [0.25, 0.3) is 0 Å². The number of hydrogen-bond acceptors (Lipinski definition) is 4. The number of esters is 1. The van der Waals surface area contributed by atoms with Crippen LogP contribution in [0.1, 0.15) is 23.1 Å². The number of rotatable bonds is 4. The first-order valence-corrected chi connectivity index (χ1v) is 8.19. The highest BCUT2D eigenvalue weighted by Crippen LogP contribution is 2.25. The Morgan fingerprint density at radius 1 is 1.12 bits per heavy atom. The molecule has 0 aliphatic rings. The van der Waals surface area contributed by atoms with Crippen LogP contribution >= 0.6 is 0 Å². The van der Waals surface area contributed by atoms with E-state index in [0.717, 1.165) is 16.7 Å². The van der Waals surface area contributed by atoms with E-state index in [9.17, 15) is 9.59 Å². The van der Waals surface area contributed by atoms with Crippen molar-refractivity contribution in [3.8, 4) is 5.75 Å². The molecule has 0 aliphatic carbocycles. The summed E-state index contributed by atoms with van der Waals surface area (Å²) >= 11 is 0. The number of aryl methyl sites for hydroxylation is 4. The van der Waals surface area contributed by atoms with Crippen molar-refractivity contribution in [1.82, 2.24) is 9.78 Å². The lowest BCUT2D eigenvalue weighted by Gasteiger charge is -2.12. The molecule has 3 rings (SSSR count). The van der Waals surface area contributed by atoms with E-state index in [4.69, 9.17) is 4.74 Å². The second kappa shape index (κ2) is 6.89. The number of hydrogen-bond donors (Lipinski definition) is 0. The number of carbonyl (C=O) groups excluding carboxylic acids is 1. The number of nitrogens with zero attached hydrogens (tertiary/aromatic N) is 2. The summed E-state index contributed by atoms with van der Waals surface area (Å²) in [5.41, 5.74) is 3.61. The molecule has 1 heterocycles. The predicted molar refractivity (Wildman–Crippen MR) is 96.9 cm³/mol. The fraction of sp³-hybridized carbons (Fsp3) is 0.250. The van der Waals surface area contributed by atoms with Gasteiger partial charge in [-0.3, -0.25) is 14.3 Å². The predicted octanol–water partition coefficient (Wildman–Crippen LogP) is 3.32. The molecule has 25 heavy (non-hydrogen) atoms. The number of aromatic nitrogens is 2. The van der Waals surface area contributed by atoms with Crippen molar-refractivity contribution in [3.63, 3.8) is 0 Å². The van der Waals surface area contributed by atoms with Crippen LogP contribution in [0.4, 0.5) is 0 Å². The molecular weight excluding hydrogens is 316 g/mol. The summed E-state index contributed by atoms with van der Waals surface area (Å²) in [7, 11) is 0. The third-order valence-electron chi connectivity index (χ3n) is 4.11. The molecule has 5 heteroatoms. The van der Waals surface area contributed by atoms with Gasteiger partial charge in [0, 0.05) is 5.39 Å². The average Bonchev–Trinajstić information content (AvgIpc) is 2.58. The highest BCUT2D eigenvalue weighted by atomic mass is 16.5. The van der Waals surface area contributed by atoms with Crippen molar-refractivity contribution < 1.29 is 9.53 Å². The smallest absolute Gasteiger partial charge is 0.313 e. The highest BCUT2D eigenvalue weighted by Gasteiger charge is 2.12. The van der Waals surface area contributed by atoms with Crippen molar-refractivity contribution in [2.45, 2.75) is 33.7 Å². The second-order valence-electron chi connectivity index (χ2n) is 6.20. The Balaban J connectivity index is 1.76. The maximum atomic E-state index is 12.3.